The molecule has 122 valence electrons. The number of aliphatic imine (C=N–C) groups is 1. The molecule has 1 atom stereocenters. The molecule has 1 fully saturated rings. The summed E-state index contributed by atoms with van der Waals surface area (Å²) in [4.78, 5) is 27.8. The van der Waals surface area contributed by atoms with Gasteiger partial charge in [0.1, 0.15) is 0 Å². The predicted octanol–water partition coefficient (Wildman–Crippen LogP) is 4.00. The number of benzene rings is 2. The molecule has 2 aromatic rings. The van der Waals surface area contributed by atoms with E-state index in [-0.39, 0.29) is 16.9 Å². The van der Waals surface area contributed by atoms with Gasteiger partial charge in [-0.25, -0.2) is 4.99 Å². The average Bonchev–Trinajstić information content (AvgIpc) is 2.89. The fraction of sp³-hybridized carbons (Fsp3) is 0.167. The van der Waals surface area contributed by atoms with Gasteiger partial charge in [0.05, 0.1) is 10.9 Å². The number of rotatable bonds is 4. The van der Waals surface area contributed by atoms with E-state index in [1.165, 1.54) is 18.7 Å². The summed E-state index contributed by atoms with van der Waals surface area (Å²) >= 11 is 7.26. The van der Waals surface area contributed by atoms with Crippen LogP contribution in [0.2, 0.25) is 5.02 Å². The van der Waals surface area contributed by atoms with Crippen LogP contribution in [0.15, 0.2) is 53.5 Å². The molecule has 1 amide bonds. The Labute approximate surface area is 149 Å². The number of nitrogens with zero attached hydrogens (tertiary/aromatic N) is 1. The molecule has 24 heavy (non-hydrogen) atoms. The molecule has 0 saturated carbocycles. The third-order valence-corrected chi connectivity index (χ3v) is 4.95. The Morgan fingerprint density at radius 3 is 2.46 bits per heavy atom. The second-order valence-corrected chi connectivity index (χ2v) is 7.07. The molecular weight excluding hydrogens is 344 g/mol. The molecule has 0 radical (unpaired) electrons. The molecule has 0 spiro atoms. The molecule has 6 heteroatoms. The van der Waals surface area contributed by atoms with Crippen molar-refractivity contribution in [3.63, 3.8) is 0 Å². The number of ketones is 1. The summed E-state index contributed by atoms with van der Waals surface area (Å²) in [5.74, 6) is -0.0183. The van der Waals surface area contributed by atoms with E-state index in [9.17, 15) is 9.59 Å². The molecule has 1 heterocycles. The lowest BCUT2D eigenvalue weighted by molar-refractivity contribution is -0.118. The summed E-state index contributed by atoms with van der Waals surface area (Å²) in [6.07, 6.45) is 0.592. The maximum Gasteiger partial charge on any atom is 0.239 e. The number of hydrogen-bond acceptors (Lipinski definition) is 4. The zero-order chi connectivity index (χ0) is 17.1. The van der Waals surface area contributed by atoms with E-state index in [1.807, 2.05) is 12.1 Å². The number of amides is 1. The highest BCUT2D eigenvalue weighted by Crippen LogP contribution is 2.26. The van der Waals surface area contributed by atoms with E-state index in [2.05, 4.69) is 10.3 Å². The van der Waals surface area contributed by atoms with Gasteiger partial charge in [0.2, 0.25) is 5.91 Å². The number of thioether (sulfide) groups is 1. The first kappa shape index (κ1) is 16.7. The van der Waals surface area contributed by atoms with Crippen LogP contribution < -0.4 is 5.32 Å². The van der Waals surface area contributed by atoms with Gasteiger partial charge >= 0.3 is 0 Å². The highest BCUT2D eigenvalue weighted by atomic mass is 35.5. The number of Topliss-reactive ketones (excluding diaryl/α,β-unsaturated/α-hetero) is 1. The summed E-state index contributed by atoms with van der Waals surface area (Å²) in [6, 6.07) is 14.5. The standard InChI is InChI=1S/C18H15ClN2O2S/c1-11(22)13-4-2-12(3-5-13)10-16-17(23)21-18(24-16)20-15-8-6-14(19)7-9-15/h2-9,16H,10H2,1H3,(H,20,21,23)/t16-/m1/s1. The first-order valence-electron chi connectivity index (χ1n) is 7.43. The Morgan fingerprint density at radius 2 is 1.83 bits per heavy atom. The Bertz CT molecular complexity index is 801. The monoisotopic (exact) mass is 358 g/mol. The van der Waals surface area contributed by atoms with Crippen LogP contribution in [0.3, 0.4) is 0 Å². The van der Waals surface area contributed by atoms with Gasteiger partial charge in [-0.2, -0.15) is 0 Å². The fourth-order valence-electron chi connectivity index (χ4n) is 2.31. The van der Waals surface area contributed by atoms with Gasteiger partial charge < -0.3 is 5.32 Å². The summed E-state index contributed by atoms with van der Waals surface area (Å²) in [5.41, 5.74) is 2.43. The van der Waals surface area contributed by atoms with Crippen molar-refractivity contribution in [3.05, 3.63) is 64.7 Å². The number of carbonyl (C=O) groups excluding carboxylic acids is 2. The highest BCUT2D eigenvalue weighted by Gasteiger charge is 2.30. The van der Waals surface area contributed by atoms with Crippen molar-refractivity contribution in [3.8, 4) is 0 Å². The van der Waals surface area contributed by atoms with Crippen LogP contribution >= 0.6 is 23.4 Å². The fourth-order valence-corrected chi connectivity index (χ4v) is 3.47. The molecule has 4 nitrogen and oxygen atoms in total. The lowest BCUT2D eigenvalue weighted by atomic mass is 10.1. The van der Waals surface area contributed by atoms with Gasteiger partial charge in [-0.1, -0.05) is 47.6 Å². The number of hydrogen-bond donors (Lipinski definition) is 1. The number of amidine groups is 1. The van der Waals surface area contributed by atoms with E-state index in [0.717, 1.165) is 11.3 Å². The second kappa shape index (κ2) is 7.20. The molecule has 3 rings (SSSR count). The van der Waals surface area contributed by atoms with Crippen LogP contribution in [0, 0.1) is 0 Å². The molecular formula is C18H15ClN2O2S. The minimum Gasteiger partial charge on any atom is -0.304 e. The van der Waals surface area contributed by atoms with Crippen molar-refractivity contribution in [1.82, 2.24) is 5.32 Å². The van der Waals surface area contributed by atoms with Crippen LogP contribution in [0.1, 0.15) is 22.8 Å². The van der Waals surface area contributed by atoms with Gasteiger partial charge in [-0.15, -0.1) is 0 Å². The summed E-state index contributed by atoms with van der Waals surface area (Å²) < 4.78 is 0. The number of halogens is 1. The Hall–Kier alpha value is -2.11. The van der Waals surface area contributed by atoms with Crippen LogP contribution in [0.25, 0.3) is 0 Å². The van der Waals surface area contributed by atoms with E-state index < -0.39 is 0 Å². The molecule has 0 unspecified atom stereocenters. The number of nitrogens with one attached hydrogen (secondary N) is 1. The number of carbonyl (C=O) groups is 2. The molecule has 0 bridgehead atoms. The summed E-state index contributed by atoms with van der Waals surface area (Å²) in [7, 11) is 0. The van der Waals surface area contributed by atoms with Crippen molar-refractivity contribution >= 4 is 45.9 Å². The molecule has 1 saturated heterocycles. The van der Waals surface area contributed by atoms with Gasteiger partial charge in [0.25, 0.3) is 0 Å². The maximum atomic E-state index is 12.1. The molecule has 2 aromatic carbocycles. The van der Waals surface area contributed by atoms with Crippen LogP contribution in [0.4, 0.5) is 5.69 Å². The molecule has 1 aliphatic heterocycles. The lowest BCUT2D eigenvalue weighted by Gasteiger charge is -2.06. The topological polar surface area (TPSA) is 58.5 Å². The summed E-state index contributed by atoms with van der Waals surface area (Å²) in [6.45, 7) is 1.54. The van der Waals surface area contributed by atoms with Gasteiger partial charge in [0, 0.05) is 10.6 Å². The van der Waals surface area contributed by atoms with Gasteiger partial charge in [0.15, 0.2) is 11.0 Å². The molecule has 1 aliphatic rings. The highest BCUT2D eigenvalue weighted by molar-refractivity contribution is 8.15. The molecule has 1 N–H and O–H groups in total. The normalized spacial score (nSPS) is 18.7. The maximum absolute atomic E-state index is 12.1. The van der Waals surface area contributed by atoms with Gasteiger partial charge in [-0.05, 0) is 43.2 Å². The molecule has 0 aliphatic carbocycles. The average molecular weight is 359 g/mol. The minimum absolute atomic E-state index is 0.0342. The SMILES string of the molecule is CC(=O)c1ccc(C[C@H]2SC(=Nc3ccc(Cl)cc3)NC2=O)cc1. The van der Waals surface area contributed by atoms with Crippen molar-refractivity contribution in [2.24, 2.45) is 4.99 Å². The third kappa shape index (κ3) is 4.04. The van der Waals surface area contributed by atoms with Crippen molar-refractivity contribution in [2.75, 3.05) is 0 Å². The molecule has 0 aromatic heterocycles. The van der Waals surface area contributed by atoms with Crippen molar-refractivity contribution in [2.45, 2.75) is 18.6 Å². The van der Waals surface area contributed by atoms with Crippen LogP contribution in [-0.2, 0) is 11.2 Å². The second-order valence-electron chi connectivity index (χ2n) is 5.45. The predicted molar refractivity (Wildman–Crippen MR) is 98.2 cm³/mol. The van der Waals surface area contributed by atoms with Gasteiger partial charge in [-0.3, -0.25) is 9.59 Å². The Balaban J connectivity index is 1.68. The van der Waals surface area contributed by atoms with Crippen molar-refractivity contribution < 1.29 is 9.59 Å². The Kier molecular flexibility index (Phi) is 5.02. The minimum atomic E-state index is -0.223. The van der Waals surface area contributed by atoms with E-state index in [4.69, 9.17) is 11.6 Å². The first-order chi connectivity index (χ1) is 11.5. The van der Waals surface area contributed by atoms with E-state index >= 15 is 0 Å². The zero-order valence-electron chi connectivity index (χ0n) is 13.0. The van der Waals surface area contributed by atoms with Crippen LogP contribution in [0.5, 0.6) is 0 Å². The third-order valence-electron chi connectivity index (χ3n) is 3.62. The lowest BCUT2D eigenvalue weighted by Crippen LogP contribution is -2.25. The van der Waals surface area contributed by atoms with E-state index in [0.29, 0.717) is 22.2 Å². The van der Waals surface area contributed by atoms with E-state index in [1.54, 1.807) is 36.4 Å². The largest absolute Gasteiger partial charge is 0.304 e. The van der Waals surface area contributed by atoms with Crippen molar-refractivity contribution in [1.29, 1.82) is 0 Å². The smallest absolute Gasteiger partial charge is 0.239 e. The zero-order valence-corrected chi connectivity index (χ0v) is 14.5. The Morgan fingerprint density at radius 1 is 1.17 bits per heavy atom. The van der Waals surface area contributed by atoms with Crippen LogP contribution in [-0.4, -0.2) is 22.1 Å². The quantitative estimate of drug-likeness (QED) is 0.840. The first-order valence-corrected chi connectivity index (χ1v) is 8.69. The summed E-state index contributed by atoms with van der Waals surface area (Å²) in [5, 5.41) is 3.82.